The molecule has 1 N–H and O–H groups in total. The second-order valence-corrected chi connectivity index (χ2v) is 8.09. The van der Waals surface area contributed by atoms with Crippen LogP contribution in [-0.4, -0.2) is 37.0 Å². The first-order chi connectivity index (χ1) is 9.83. The maximum atomic E-state index is 12.9. The number of likely N-dealkylation sites (tertiary alicyclic amines) is 1. The van der Waals surface area contributed by atoms with Gasteiger partial charge in [-0.25, -0.2) is 0 Å². The summed E-state index contributed by atoms with van der Waals surface area (Å²) in [5.74, 6) is 6.15. The Morgan fingerprint density at radius 3 is 2.05 bits per heavy atom. The number of carbonyl (C=O) groups excluding carboxylic acids is 1. The average molecular weight is 274 g/mol. The van der Waals surface area contributed by atoms with Gasteiger partial charge < -0.3 is 10.2 Å². The van der Waals surface area contributed by atoms with Crippen LogP contribution in [0.2, 0.25) is 0 Å². The first kappa shape index (κ1) is 12.0. The molecule has 5 rings (SSSR count). The van der Waals surface area contributed by atoms with E-state index in [2.05, 4.69) is 10.2 Å². The number of carbonyl (C=O) groups is 1. The van der Waals surface area contributed by atoms with Crippen molar-refractivity contribution in [2.75, 3.05) is 26.2 Å². The van der Waals surface area contributed by atoms with E-state index in [1.807, 2.05) is 0 Å². The van der Waals surface area contributed by atoms with Gasteiger partial charge in [-0.05, 0) is 80.7 Å². The molecular formula is C17H26N2O. The third-order valence-electron chi connectivity index (χ3n) is 7.35. The Balaban J connectivity index is 1.26. The monoisotopic (exact) mass is 274 g/mol. The van der Waals surface area contributed by atoms with Crippen LogP contribution in [0.4, 0.5) is 0 Å². The molecule has 6 atom stereocenters. The van der Waals surface area contributed by atoms with Crippen LogP contribution in [0.1, 0.15) is 32.1 Å². The number of nitrogens with zero attached hydrogens (tertiary/aromatic N) is 1. The molecule has 2 bridgehead atoms. The second-order valence-electron chi connectivity index (χ2n) is 8.09. The zero-order valence-corrected chi connectivity index (χ0v) is 12.3. The van der Waals surface area contributed by atoms with Crippen LogP contribution < -0.4 is 5.32 Å². The number of nitrogens with one attached hydrogen (secondary N) is 1. The Morgan fingerprint density at radius 1 is 0.850 bits per heavy atom. The van der Waals surface area contributed by atoms with E-state index in [9.17, 15) is 4.79 Å². The zero-order valence-electron chi connectivity index (χ0n) is 12.3. The van der Waals surface area contributed by atoms with E-state index in [0.717, 1.165) is 48.6 Å². The van der Waals surface area contributed by atoms with Gasteiger partial charge in [-0.2, -0.15) is 0 Å². The fourth-order valence-corrected chi connectivity index (χ4v) is 6.30. The van der Waals surface area contributed by atoms with Crippen molar-refractivity contribution in [1.29, 1.82) is 0 Å². The van der Waals surface area contributed by atoms with Gasteiger partial charge in [-0.15, -0.1) is 0 Å². The van der Waals surface area contributed by atoms with E-state index in [0.29, 0.717) is 11.8 Å². The minimum atomic E-state index is 0.456. The minimum Gasteiger partial charge on any atom is -0.342 e. The SMILES string of the molecule is O=C(C1C2C3CCC(C3)C12)N1CC[C@@H]2CNC[C@@H]2CC1. The topological polar surface area (TPSA) is 32.3 Å². The zero-order chi connectivity index (χ0) is 13.3. The number of hydrogen-bond donors (Lipinski definition) is 1. The number of fused-ring (bicyclic) bond motifs is 6. The summed E-state index contributed by atoms with van der Waals surface area (Å²) in [4.78, 5) is 15.1. The molecule has 1 amide bonds. The van der Waals surface area contributed by atoms with Crippen LogP contribution >= 0.6 is 0 Å². The molecule has 5 fully saturated rings. The van der Waals surface area contributed by atoms with E-state index in [1.165, 1.54) is 45.2 Å². The van der Waals surface area contributed by atoms with E-state index in [1.54, 1.807) is 0 Å². The van der Waals surface area contributed by atoms with E-state index < -0.39 is 0 Å². The van der Waals surface area contributed by atoms with Gasteiger partial charge in [0.25, 0.3) is 0 Å². The van der Waals surface area contributed by atoms with Gasteiger partial charge in [0.2, 0.25) is 5.91 Å². The molecule has 3 nitrogen and oxygen atoms in total. The summed E-state index contributed by atoms with van der Waals surface area (Å²) in [5.41, 5.74) is 0. The highest BCUT2D eigenvalue weighted by Gasteiger charge is 2.67. The van der Waals surface area contributed by atoms with Crippen LogP contribution in [0, 0.1) is 41.4 Å². The highest BCUT2D eigenvalue weighted by molar-refractivity contribution is 5.83. The summed E-state index contributed by atoms with van der Waals surface area (Å²) in [6, 6.07) is 0. The van der Waals surface area contributed by atoms with Crippen LogP contribution in [0.15, 0.2) is 0 Å². The molecule has 0 spiro atoms. The highest BCUT2D eigenvalue weighted by Crippen LogP contribution is 2.69. The van der Waals surface area contributed by atoms with Gasteiger partial charge in [-0.3, -0.25) is 4.79 Å². The predicted molar refractivity (Wildman–Crippen MR) is 77.0 cm³/mol. The summed E-state index contributed by atoms with van der Waals surface area (Å²) < 4.78 is 0. The van der Waals surface area contributed by atoms with Gasteiger partial charge in [-0.1, -0.05) is 0 Å². The standard InChI is InChI=1S/C17H26N2O/c20-17(16-14-10-1-2-11(7-10)15(14)16)19-5-3-12-8-18-9-13(12)4-6-19/h10-16,18H,1-9H2/t10?,11?,12-,13+,14?,15?,16?. The molecule has 20 heavy (non-hydrogen) atoms. The molecule has 0 aromatic carbocycles. The van der Waals surface area contributed by atoms with Crippen molar-refractivity contribution in [3.05, 3.63) is 0 Å². The van der Waals surface area contributed by atoms with Crippen molar-refractivity contribution in [1.82, 2.24) is 10.2 Å². The number of amides is 1. The number of hydrogen-bond acceptors (Lipinski definition) is 2. The van der Waals surface area contributed by atoms with Crippen LogP contribution in [0.25, 0.3) is 0 Å². The quantitative estimate of drug-likeness (QED) is 0.790. The fraction of sp³-hybridized carbons (Fsp3) is 0.941. The third-order valence-corrected chi connectivity index (χ3v) is 7.35. The maximum absolute atomic E-state index is 12.9. The third kappa shape index (κ3) is 1.59. The van der Waals surface area contributed by atoms with Gasteiger partial charge in [0.1, 0.15) is 0 Å². The summed E-state index contributed by atoms with van der Waals surface area (Å²) in [6.45, 7) is 4.44. The molecule has 2 heterocycles. The lowest BCUT2D eigenvalue weighted by Gasteiger charge is -2.22. The van der Waals surface area contributed by atoms with E-state index in [4.69, 9.17) is 0 Å². The highest BCUT2D eigenvalue weighted by atomic mass is 16.2. The van der Waals surface area contributed by atoms with Gasteiger partial charge in [0, 0.05) is 19.0 Å². The average Bonchev–Trinajstić information content (AvgIpc) is 2.76. The summed E-state index contributed by atoms with van der Waals surface area (Å²) in [5, 5.41) is 3.52. The Labute approximate surface area is 121 Å². The van der Waals surface area contributed by atoms with Gasteiger partial charge >= 0.3 is 0 Å². The predicted octanol–water partition coefficient (Wildman–Crippen LogP) is 1.74. The molecule has 110 valence electrons. The largest absolute Gasteiger partial charge is 0.342 e. The van der Waals surface area contributed by atoms with Crippen molar-refractivity contribution < 1.29 is 4.79 Å². The van der Waals surface area contributed by atoms with Gasteiger partial charge in [0.15, 0.2) is 0 Å². The lowest BCUT2D eigenvalue weighted by atomic mass is 9.92. The fourth-order valence-electron chi connectivity index (χ4n) is 6.30. The molecule has 0 radical (unpaired) electrons. The normalized spacial score (nSPS) is 52.6. The van der Waals surface area contributed by atoms with E-state index >= 15 is 0 Å². The molecule has 0 aromatic heterocycles. The van der Waals surface area contributed by atoms with Gasteiger partial charge in [0.05, 0.1) is 0 Å². The molecule has 3 heteroatoms. The van der Waals surface area contributed by atoms with Crippen molar-refractivity contribution in [3.8, 4) is 0 Å². The van der Waals surface area contributed by atoms with E-state index in [-0.39, 0.29) is 0 Å². The minimum absolute atomic E-state index is 0.456. The molecular weight excluding hydrogens is 248 g/mol. The summed E-state index contributed by atoms with van der Waals surface area (Å²) in [7, 11) is 0. The first-order valence-corrected chi connectivity index (χ1v) is 8.82. The molecule has 5 aliphatic rings. The van der Waals surface area contributed by atoms with Crippen LogP contribution in [0.3, 0.4) is 0 Å². The summed E-state index contributed by atoms with van der Waals surface area (Å²) >= 11 is 0. The second kappa shape index (κ2) is 4.22. The van der Waals surface area contributed by atoms with Crippen molar-refractivity contribution in [2.24, 2.45) is 41.4 Å². The lowest BCUT2D eigenvalue weighted by Crippen LogP contribution is -2.35. The molecule has 3 saturated carbocycles. The Hall–Kier alpha value is -0.570. The Kier molecular flexibility index (Phi) is 2.54. The smallest absolute Gasteiger partial charge is 0.226 e. The molecule has 3 aliphatic carbocycles. The maximum Gasteiger partial charge on any atom is 0.226 e. The van der Waals surface area contributed by atoms with Crippen molar-refractivity contribution >= 4 is 5.91 Å². The molecule has 2 aliphatic heterocycles. The van der Waals surface area contributed by atoms with Crippen LogP contribution in [0.5, 0.6) is 0 Å². The summed E-state index contributed by atoms with van der Waals surface area (Å²) in [6.07, 6.45) is 6.77. The lowest BCUT2D eigenvalue weighted by molar-refractivity contribution is -0.133. The Bertz CT molecular complexity index is 407. The Morgan fingerprint density at radius 2 is 1.45 bits per heavy atom. The number of rotatable bonds is 1. The van der Waals surface area contributed by atoms with Crippen molar-refractivity contribution in [3.63, 3.8) is 0 Å². The van der Waals surface area contributed by atoms with Crippen LogP contribution in [-0.2, 0) is 4.79 Å². The molecule has 0 aromatic rings. The molecule has 4 unspecified atom stereocenters. The molecule has 2 saturated heterocycles. The van der Waals surface area contributed by atoms with Crippen molar-refractivity contribution in [2.45, 2.75) is 32.1 Å². The first-order valence-electron chi connectivity index (χ1n) is 8.82.